The van der Waals surface area contributed by atoms with Gasteiger partial charge in [-0.25, -0.2) is 8.78 Å². The monoisotopic (exact) mass is 374 g/mol. The number of benzene rings is 1. The molecule has 1 aliphatic carbocycles. The SMILES string of the molecule is CCOc1ccc(-c2ccc(CCC3CCC(CC)CC3)c(F)c2F)nn1. The van der Waals surface area contributed by atoms with Gasteiger partial charge in [0.05, 0.1) is 12.3 Å². The number of nitrogens with zero attached hydrogens (tertiary/aromatic N) is 2. The van der Waals surface area contributed by atoms with Crippen molar-refractivity contribution in [3.05, 3.63) is 41.5 Å². The zero-order chi connectivity index (χ0) is 19.2. The third-order valence-corrected chi connectivity index (χ3v) is 5.74. The summed E-state index contributed by atoms with van der Waals surface area (Å²) in [5, 5.41) is 7.84. The lowest BCUT2D eigenvalue weighted by atomic mass is 9.78. The molecule has 1 heterocycles. The third-order valence-electron chi connectivity index (χ3n) is 5.74. The van der Waals surface area contributed by atoms with Crippen molar-refractivity contribution < 1.29 is 13.5 Å². The molecule has 3 nitrogen and oxygen atoms in total. The second-order valence-corrected chi connectivity index (χ2v) is 7.42. The molecule has 2 aromatic rings. The van der Waals surface area contributed by atoms with Crippen LogP contribution in [0.15, 0.2) is 24.3 Å². The molecular weight excluding hydrogens is 346 g/mol. The summed E-state index contributed by atoms with van der Waals surface area (Å²) < 4.78 is 34.4. The Morgan fingerprint density at radius 1 is 0.926 bits per heavy atom. The standard InChI is InChI=1S/C22H28F2N2O/c1-3-15-5-7-16(8-6-15)9-10-17-11-12-18(22(24)21(17)23)19-13-14-20(26-25-19)27-4-2/h11-16H,3-10H2,1-2H3. The van der Waals surface area contributed by atoms with Crippen molar-refractivity contribution >= 4 is 0 Å². The second-order valence-electron chi connectivity index (χ2n) is 7.42. The number of rotatable bonds is 7. The first kappa shape index (κ1) is 19.7. The molecule has 27 heavy (non-hydrogen) atoms. The Morgan fingerprint density at radius 3 is 2.30 bits per heavy atom. The average Bonchev–Trinajstić information content (AvgIpc) is 2.70. The van der Waals surface area contributed by atoms with E-state index in [0.717, 1.165) is 12.3 Å². The molecule has 0 N–H and O–H groups in total. The van der Waals surface area contributed by atoms with Crippen molar-refractivity contribution in [2.45, 2.75) is 58.8 Å². The first-order valence-corrected chi connectivity index (χ1v) is 10.1. The van der Waals surface area contributed by atoms with E-state index in [1.807, 2.05) is 6.92 Å². The van der Waals surface area contributed by atoms with Gasteiger partial charge in [-0.05, 0) is 49.3 Å². The molecule has 3 rings (SSSR count). The van der Waals surface area contributed by atoms with Gasteiger partial charge in [-0.1, -0.05) is 45.1 Å². The molecule has 1 saturated carbocycles. The third kappa shape index (κ3) is 4.82. The molecule has 0 atom stereocenters. The van der Waals surface area contributed by atoms with Crippen LogP contribution in [0.3, 0.4) is 0 Å². The molecule has 0 amide bonds. The smallest absolute Gasteiger partial charge is 0.233 e. The first-order valence-electron chi connectivity index (χ1n) is 10.1. The highest BCUT2D eigenvalue weighted by Gasteiger charge is 2.21. The van der Waals surface area contributed by atoms with E-state index < -0.39 is 11.6 Å². The fraction of sp³-hybridized carbons (Fsp3) is 0.545. The van der Waals surface area contributed by atoms with Gasteiger partial charge in [0.2, 0.25) is 5.88 Å². The quantitative estimate of drug-likeness (QED) is 0.599. The minimum atomic E-state index is -0.847. The normalized spacial score (nSPS) is 19.9. The van der Waals surface area contributed by atoms with Crippen LogP contribution >= 0.6 is 0 Å². The van der Waals surface area contributed by atoms with Crippen LogP contribution in [-0.4, -0.2) is 16.8 Å². The Balaban J connectivity index is 1.66. The highest BCUT2D eigenvalue weighted by molar-refractivity contribution is 5.60. The van der Waals surface area contributed by atoms with Gasteiger partial charge in [-0.3, -0.25) is 0 Å². The molecule has 0 saturated heterocycles. The number of halogens is 2. The first-order chi connectivity index (χ1) is 13.1. The lowest BCUT2D eigenvalue weighted by Gasteiger charge is -2.27. The van der Waals surface area contributed by atoms with Crippen LogP contribution in [-0.2, 0) is 6.42 Å². The summed E-state index contributed by atoms with van der Waals surface area (Å²) in [5.74, 6) is 0.250. The van der Waals surface area contributed by atoms with E-state index in [1.54, 1.807) is 24.3 Å². The molecule has 146 valence electrons. The Labute approximate surface area is 160 Å². The Kier molecular flexibility index (Phi) is 6.75. The molecule has 1 aromatic heterocycles. The molecule has 0 radical (unpaired) electrons. The molecular formula is C22H28F2N2O. The summed E-state index contributed by atoms with van der Waals surface area (Å²) in [6, 6.07) is 6.50. The van der Waals surface area contributed by atoms with Crippen LogP contribution in [0, 0.1) is 23.5 Å². The van der Waals surface area contributed by atoms with Gasteiger partial charge in [0.15, 0.2) is 11.6 Å². The van der Waals surface area contributed by atoms with Gasteiger partial charge in [0.25, 0.3) is 0 Å². The van der Waals surface area contributed by atoms with E-state index in [2.05, 4.69) is 17.1 Å². The van der Waals surface area contributed by atoms with E-state index in [1.165, 1.54) is 32.1 Å². The van der Waals surface area contributed by atoms with Gasteiger partial charge in [-0.2, -0.15) is 0 Å². The van der Waals surface area contributed by atoms with Crippen molar-refractivity contribution in [1.29, 1.82) is 0 Å². The van der Waals surface area contributed by atoms with E-state index in [0.29, 0.717) is 36.1 Å². The maximum atomic E-state index is 14.6. The molecule has 1 aliphatic rings. The zero-order valence-corrected chi connectivity index (χ0v) is 16.2. The predicted octanol–water partition coefficient (Wildman–Crippen LogP) is 5.97. The molecule has 0 bridgehead atoms. The topological polar surface area (TPSA) is 35.0 Å². The average molecular weight is 374 g/mol. The molecule has 1 aromatic carbocycles. The number of hydrogen-bond acceptors (Lipinski definition) is 3. The van der Waals surface area contributed by atoms with E-state index in [4.69, 9.17) is 4.74 Å². The Hall–Kier alpha value is -2.04. The van der Waals surface area contributed by atoms with Crippen LogP contribution in [0.4, 0.5) is 8.78 Å². The molecule has 0 spiro atoms. The molecule has 0 aliphatic heterocycles. The van der Waals surface area contributed by atoms with E-state index >= 15 is 0 Å². The van der Waals surface area contributed by atoms with Crippen LogP contribution < -0.4 is 4.74 Å². The fourth-order valence-corrected chi connectivity index (χ4v) is 3.96. The largest absolute Gasteiger partial charge is 0.477 e. The van der Waals surface area contributed by atoms with Gasteiger partial charge in [0.1, 0.15) is 0 Å². The summed E-state index contributed by atoms with van der Waals surface area (Å²) in [7, 11) is 0. The van der Waals surface area contributed by atoms with Crippen LogP contribution in [0.1, 0.15) is 57.9 Å². The summed E-state index contributed by atoms with van der Waals surface area (Å²) in [4.78, 5) is 0. The number of ether oxygens (including phenoxy) is 1. The lowest BCUT2D eigenvalue weighted by molar-refractivity contribution is 0.258. The van der Waals surface area contributed by atoms with Gasteiger partial charge < -0.3 is 4.74 Å². The summed E-state index contributed by atoms with van der Waals surface area (Å²) in [6.45, 7) is 4.57. The number of hydrogen-bond donors (Lipinski definition) is 0. The van der Waals surface area contributed by atoms with Gasteiger partial charge in [-0.15, -0.1) is 10.2 Å². The maximum Gasteiger partial charge on any atom is 0.233 e. The highest BCUT2D eigenvalue weighted by atomic mass is 19.2. The Bertz CT molecular complexity index is 741. The molecule has 0 unspecified atom stereocenters. The fourth-order valence-electron chi connectivity index (χ4n) is 3.96. The van der Waals surface area contributed by atoms with Gasteiger partial charge in [0, 0.05) is 11.6 Å². The second kappa shape index (κ2) is 9.25. The lowest BCUT2D eigenvalue weighted by Crippen LogP contribution is -2.14. The zero-order valence-electron chi connectivity index (χ0n) is 16.2. The van der Waals surface area contributed by atoms with E-state index in [9.17, 15) is 8.78 Å². The summed E-state index contributed by atoms with van der Waals surface area (Å²) in [5.41, 5.74) is 0.891. The van der Waals surface area contributed by atoms with E-state index in [-0.39, 0.29) is 5.56 Å². The number of aromatic nitrogens is 2. The van der Waals surface area contributed by atoms with Crippen molar-refractivity contribution in [2.24, 2.45) is 11.8 Å². The van der Waals surface area contributed by atoms with Crippen LogP contribution in [0.25, 0.3) is 11.3 Å². The summed E-state index contributed by atoms with van der Waals surface area (Å²) >= 11 is 0. The minimum absolute atomic E-state index is 0.134. The Morgan fingerprint density at radius 2 is 1.67 bits per heavy atom. The maximum absolute atomic E-state index is 14.6. The van der Waals surface area contributed by atoms with Crippen molar-refractivity contribution in [3.63, 3.8) is 0 Å². The van der Waals surface area contributed by atoms with Gasteiger partial charge >= 0.3 is 0 Å². The van der Waals surface area contributed by atoms with Crippen molar-refractivity contribution in [3.8, 4) is 17.1 Å². The highest BCUT2D eigenvalue weighted by Crippen LogP contribution is 2.34. The molecule has 5 heteroatoms. The number of aryl methyl sites for hydroxylation is 1. The predicted molar refractivity (Wildman–Crippen MR) is 103 cm³/mol. The minimum Gasteiger partial charge on any atom is -0.477 e. The van der Waals surface area contributed by atoms with Crippen molar-refractivity contribution in [1.82, 2.24) is 10.2 Å². The van der Waals surface area contributed by atoms with Crippen molar-refractivity contribution in [2.75, 3.05) is 6.61 Å². The summed E-state index contributed by atoms with van der Waals surface area (Å²) in [6.07, 6.45) is 7.72. The van der Waals surface area contributed by atoms with Crippen LogP contribution in [0.5, 0.6) is 5.88 Å². The molecule has 1 fully saturated rings. The van der Waals surface area contributed by atoms with Crippen LogP contribution in [0.2, 0.25) is 0 Å².